The van der Waals surface area contributed by atoms with E-state index in [1.54, 1.807) is 0 Å². The van der Waals surface area contributed by atoms with Crippen molar-refractivity contribution in [1.29, 1.82) is 0 Å². The normalized spacial score (nSPS) is 26.6. The first-order valence-corrected chi connectivity index (χ1v) is 7.99. The summed E-state index contributed by atoms with van der Waals surface area (Å²) >= 11 is 0. The Hall–Kier alpha value is -0.610. The molecular weight excluding hydrogens is 238 g/mol. The molecule has 2 fully saturated rings. The number of amides is 1. The molecule has 110 valence electrons. The maximum Gasteiger partial charge on any atom is 0.227 e. The summed E-state index contributed by atoms with van der Waals surface area (Å²) in [5.74, 6) is 0.342. The monoisotopic (exact) mass is 267 g/mol. The fraction of sp³-hybridized carbons (Fsp3) is 0.933. The van der Waals surface area contributed by atoms with Gasteiger partial charge in [0.1, 0.15) is 0 Å². The Bertz CT molecular complexity index is 289. The van der Waals surface area contributed by atoms with Gasteiger partial charge in [-0.1, -0.05) is 19.8 Å². The highest BCUT2D eigenvalue weighted by Gasteiger charge is 2.33. The molecule has 0 aromatic rings. The van der Waals surface area contributed by atoms with E-state index < -0.39 is 0 Å². The number of nitrogens with zero attached hydrogens (tertiary/aromatic N) is 2. The number of nitrogens with two attached hydrogens (primary N) is 1. The minimum atomic E-state index is 0.0464. The van der Waals surface area contributed by atoms with Crippen molar-refractivity contribution in [2.45, 2.75) is 51.5 Å². The van der Waals surface area contributed by atoms with E-state index >= 15 is 0 Å². The van der Waals surface area contributed by atoms with E-state index in [1.165, 1.54) is 32.4 Å². The maximum absolute atomic E-state index is 12.4. The summed E-state index contributed by atoms with van der Waals surface area (Å²) < 4.78 is 0. The highest BCUT2D eigenvalue weighted by molar-refractivity contribution is 5.79. The van der Waals surface area contributed by atoms with Crippen LogP contribution < -0.4 is 5.73 Å². The van der Waals surface area contributed by atoms with Gasteiger partial charge in [-0.25, -0.2) is 0 Å². The van der Waals surface area contributed by atoms with Crippen LogP contribution in [0.1, 0.15) is 45.4 Å². The van der Waals surface area contributed by atoms with Gasteiger partial charge >= 0.3 is 0 Å². The molecule has 2 rings (SSSR count). The number of hydrogen-bond acceptors (Lipinski definition) is 3. The van der Waals surface area contributed by atoms with Gasteiger partial charge in [-0.2, -0.15) is 0 Å². The Morgan fingerprint density at radius 1 is 1.26 bits per heavy atom. The predicted octanol–water partition coefficient (Wildman–Crippen LogP) is 1.45. The van der Waals surface area contributed by atoms with Crippen molar-refractivity contribution >= 4 is 5.91 Å². The number of hydrogen-bond donors (Lipinski definition) is 1. The summed E-state index contributed by atoms with van der Waals surface area (Å²) in [5, 5.41) is 0. The number of likely N-dealkylation sites (tertiary alicyclic amines) is 2. The molecule has 2 heterocycles. The van der Waals surface area contributed by atoms with Crippen molar-refractivity contribution in [1.82, 2.24) is 9.80 Å². The van der Waals surface area contributed by atoms with Crippen LogP contribution in [0.15, 0.2) is 0 Å². The maximum atomic E-state index is 12.4. The molecule has 2 aliphatic heterocycles. The van der Waals surface area contributed by atoms with Gasteiger partial charge in [-0.3, -0.25) is 9.69 Å². The first kappa shape index (κ1) is 14.8. The number of piperidine rings is 1. The minimum absolute atomic E-state index is 0.0464. The molecule has 4 nitrogen and oxygen atoms in total. The summed E-state index contributed by atoms with van der Waals surface area (Å²) in [6.45, 7) is 6.93. The molecule has 1 amide bonds. The lowest BCUT2D eigenvalue weighted by molar-refractivity contribution is -0.134. The highest BCUT2D eigenvalue weighted by Crippen LogP contribution is 2.22. The molecule has 0 bridgehead atoms. The van der Waals surface area contributed by atoms with Gasteiger partial charge in [0.2, 0.25) is 5.91 Å². The lowest BCUT2D eigenvalue weighted by Crippen LogP contribution is -2.43. The van der Waals surface area contributed by atoms with Crippen molar-refractivity contribution in [3.05, 3.63) is 0 Å². The Morgan fingerprint density at radius 3 is 2.63 bits per heavy atom. The van der Waals surface area contributed by atoms with Crippen molar-refractivity contribution in [2.24, 2.45) is 11.7 Å². The molecule has 0 aliphatic carbocycles. The van der Waals surface area contributed by atoms with Gasteiger partial charge in [-0.15, -0.1) is 0 Å². The predicted molar refractivity (Wildman–Crippen MR) is 77.9 cm³/mol. The summed E-state index contributed by atoms with van der Waals surface area (Å²) in [7, 11) is 0. The quantitative estimate of drug-likeness (QED) is 0.820. The third kappa shape index (κ3) is 3.69. The zero-order valence-corrected chi connectivity index (χ0v) is 12.3. The summed E-state index contributed by atoms with van der Waals surface area (Å²) in [4.78, 5) is 17.1. The Balaban J connectivity index is 1.84. The van der Waals surface area contributed by atoms with Crippen molar-refractivity contribution in [3.63, 3.8) is 0 Å². The van der Waals surface area contributed by atoms with Crippen LogP contribution in [0.25, 0.3) is 0 Å². The molecule has 19 heavy (non-hydrogen) atoms. The molecule has 0 radical (unpaired) electrons. The fourth-order valence-electron chi connectivity index (χ4n) is 3.47. The minimum Gasteiger partial charge on any atom is -0.341 e. The van der Waals surface area contributed by atoms with Crippen LogP contribution in [0.4, 0.5) is 0 Å². The van der Waals surface area contributed by atoms with Crippen molar-refractivity contribution < 1.29 is 4.79 Å². The molecule has 2 aliphatic rings. The first-order valence-electron chi connectivity index (χ1n) is 7.99. The van der Waals surface area contributed by atoms with Crippen LogP contribution >= 0.6 is 0 Å². The van der Waals surface area contributed by atoms with Crippen LogP contribution in [-0.4, -0.2) is 54.5 Å². The van der Waals surface area contributed by atoms with Gasteiger partial charge in [-0.05, 0) is 38.8 Å². The molecular formula is C15H29N3O. The van der Waals surface area contributed by atoms with Gasteiger partial charge in [0.05, 0.1) is 5.92 Å². The first-order chi connectivity index (χ1) is 9.26. The standard InChI is InChI=1S/C15H29N3O/c1-2-6-13(11-16)15(19)18-10-7-14(12-18)17-8-4-3-5-9-17/h13-14H,2-12,16H2,1H3. The van der Waals surface area contributed by atoms with Crippen LogP contribution in [0.5, 0.6) is 0 Å². The van der Waals surface area contributed by atoms with Crippen molar-refractivity contribution in [2.75, 3.05) is 32.7 Å². The average molecular weight is 267 g/mol. The van der Waals surface area contributed by atoms with Crippen LogP contribution in [0.3, 0.4) is 0 Å². The second-order valence-electron chi connectivity index (χ2n) is 6.04. The summed E-state index contributed by atoms with van der Waals surface area (Å²) in [6, 6.07) is 0.601. The second kappa shape index (κ2) is 7.25. The Kier molecular flexibility index (Phi) is 5.64. The van der Waals surface area contributed by atoms with E-state index in [0.29, 0.717) is 18.5 Å². The molecule has 4 heteroatoms. The summed E-state index contributed by atoms with van der Waals surface area (Å²) in [6.07, 6.45) is 7.14. The van der Waals surface area contributed by atoms with Crippen LogP contribution in [0.2, 0.25) is 0 Å². The third-order valence-corrected chi connectivity index (χ3v) is 4.65. The molecule has 2 unspecified atom stereocenters. The number of carbonyl (C=O) groups excluding carboxylic acids is 1. The summed E-state index contributed by atoms with van der Waals surface area (Å²) in [5.41, 5.74) is 5.75. The molecule has 0 saturated carbocycles. The zero-order chi connectivity index (χ0) is 13.7. The SMILES string of the molecule is CCCC(CN)C(=O)N1CCC(N2CCCCC2)C1. The molecule has 2 atom stereocenters. The Labute approximate surface area is 117 Å². The topological polar surface area (TPSA) is 49.6 Å². The molecule has 0 aromatic carbocycles. The molecule has 2 N–H and O–H groups in total. The van der Waals surface area contributed by atoms with Gasteiger partial charge < -0.3 is 10.6 Å². The van der Waals surface area contributed by atoms with E-state index in [2.05, 4.69) is 16.7 Å². The molecule has 0 aromatic heterocycles. The zero-order valence-electron chi connectivity index (χ0n) is 12.3. The lowest BCUT2D eigenvalue weighted by atomic mass is 10.0. The van der Waals surface area contributed by atoms with Gasteiger partial charge in [0.15, 0.2) is 0 Å². The largest absolute Gasteiger partial charge is 0.341 e. The third-order valence-electron chi connectivity index (χ3n) is 4.65. The molecule has 0 spiro atoms. The van der Waals surface area contributed by atoms with Gasteiger partial charge in [0.25, 0.3) is 0 Å². The lowest BCUT2D eigenvalue weighted by Gasteiger charge is -2.32. The highest BCUT2D eigenvalue weighted by atomic mass is 16.2. The Morgan fingerprint density at radius 2 is 2.00 bits per heavy atom. The number of carbonyl (C=O) groups is 1. The van der Waals surface area contributed by atoms with Gasteiger partial charge in [0, 0.05) is 25.7 Å². The van der Waals surface area contributed by atoms with E-state index in [4.69, 9.17) is 5.73 Å². The van der Waals surface area contributed by atoms with E-state index in [0.717, 1.165) is 32.4 Å². The van der Waals surface area contributed by atoms with Crippen molar-refractivity contribution in [3.8, 4) is 0 Å². The fourth-order valence-corrected chi connectivity index (χ4v) is 3.47. The second-order valence-corrected chi connectivity index (χ2v) is 6.04. The average Bonchev–Trinajstić information content (AvgIpc) is 2.95. The van der Waals surface area contributed by atoms with E-state index in [-0.39, 0.29) is 5.92 Å². The van der Waals surface area contributed by atoms with E-state index in [1.807, 2.05) is 0 Å². The van der Waals surface area contributed by atoms with E-state index in [9.17, 15) is 4.79 Å². The van der Waals surface area contributed by atoms with Crippen LogP contribution in [0, 0.1) is 5.92 Å². The smallest absolute Gasteiger partial charge is 0.227 e. The van der Waals surface area contributed by atoms with Crippen LogP contribution in [-0.2, 0) is 4.79 Å². The molecule has 2 saturated heterocycles. The number of rotatable bonds is 5.